The van der Waals surface area contributed by atoms with Gasteiger partial charge in [-0.2, -0.15) is 5.26 Å². The molecule has 0 fully saturated rings. The molecule has 0 atom stereocenters. The molecule has 4 aromatic rings. The fourth-order valence-electron chi connectivity index (χ4n) is 3.13. The molecule has 2 aromatic carbocycles. The van der Waals surface area contributed by atoms with Crippen LogP contribution >= 0.6 is 0 Å². The molecule has 0 saturated carbocycles. The second-order valence-electron chi connectivity index (χ2n) is 6.05. The highest BCUT2D eigenvalue weighted by Gasteiger charge is 2.19. The van der Waals surface area contributed by atoms with Gasteiger partial charge in [-0.15, -0.1) is 0 Å². The Labute approximate surface area is 154 Å². The maximum atomic E-state index is 12.5. The molecule has 27 heavy (non-hydrogen) atoms. The molecule has 0 amide bonds. The Bertz CT molecular complexity index is 1230. The summed E-state index contributed by atoms with van der Waals surface area (Å²) in [4.78, 5) is 12.5. The largest absolute Gasteiger partial charge is 0.507 e. The van der Waals surface area contributed by atoms with Gasteiger partial charge in [0.2, 0.25) is 0 Å². The predicted molar refractivity (Wildman–Crippen MR) is 98.5 cm³/mol. The summed E-state index contributed by atoms with van der Waals surface area (Å²) in [5.41, 5.74) is 1.57. The van der Waals surface area contributed by atoms with E-state index in [4.69, 9.17) is 4.74 Å². The number of rotatable bonds is 3. The third kappa shape index (κ3) is 2.71. The fourth-order valence-corrected chi connectivity index (χ4v) is 3.13. The third-order valence-electron chi connectivity index (χ3n) is 4.45. The number of aromatic hydroxyl groups is 2. The number of ether oxygens (including phenoxy) is 1. The van der Waals surface area contributed by atoms with Crippen LogP contribution in [0.5, 0.6) is 11.5 Å². The van der Waals surface area contributed by atoms with Gasteiger partial charge in [0.25, 0.3) is 0 Å². The van der Waals surface area contributed by atoms with Gasteiger partial charge in [0.05, 0.1) is 11.1 Å². The van der Waals surface area contributed by atoms with E-state index in [9.17, 15) is 20.3 Å². The zero-order chi connectivity index (χ0) is 19.0. The first kappa shape index (κ1) is 16.5. The molecule has 2 heterocycles. The van der Waals surface area contributed by atoms with Gasteiger partial charge in [0, 0.05) is 28.7 Å². The van der Waals surface area contributed by atoms with Crippen LogP contribution in [-0.2, 0) is 11.3 Å². The summed E-state index contributed by atoms with van der Waals surface area (Å²) in [6, 6.07) is 15.4. The monoisotopic (exact) mass is 358 g/mol. The van der Waals surface area contributed by atoms with Crippen molar-refractivity contribution in [2.75, 3.05) is 0 Å². The number of hydrogen-bond donors (Lipinski definition) is 2. The minimum Gasteiger partial charge on any atom is -0.507 e. The van der Waals surface area contributed by atoms with Crippen LogP contribution in [-0.4, -0.2) is 20.6 Å². The van der Waals surface area contributed by atoms with Crippen LogP contribution < -0.4 is 0 Å². The summed E-state index contributed by atoms with van der Waals surface area (Å²) in [7, 11) is 0. The van der Waals surface area contributed by atoms with Gasteiger partial charge in [0.15, 0.2) is 0 Å². The third-order valence-corrected chi connectivity index (χ3v) is 4.45. The summed E-state index contributed by atoms with van der Waals surface area (Å²) < 4.78 is 7.08. The molecular formula is C21H14N2O4. The number of carbonyl (C=O) groups is 1. The van der Waals surface area contributed by atoms with E-state index in [1.165, 1.54) is 6.07 Å². The lowest BCUT2D eigenvalue weighted by atomic mass is 10.0. The second kappa shape index (κ2) is 6.39. The minimum atomic E-state index is -0.785. The van der Waals surface area contributed by atoms with E-state index in [0.717, 1.165) is 5.52 Å². The molecule has 2 aromatic heterocycles. The molecule has 0 saturated heterocycles. The number of fused-ring (bicyclic) bond motifs is 2. The van der Waals surface area contributed by atoms with Crippen molar-refractivity contribution in [2.45, 2.75) is 6.61 Å². The van der Waals surface area contributed by atoms with Crippen molar-refractivity contribution in [2.24, 2.45) is 0 Å². The number of benzene rings is 2. The molecule has 0 bridgehead atoms. The van der Waals surface area contributed by atoms with Crippen LogP contribution in [0.4, 0.5) is 0 Å². The summed E-state index contributed by atoms with van der Waals surface area (Å²) in [5.74, 6) is -1.16. The zero-order valence-electron chi connectivity index (χ0n) is 14.1. The maximum Gasteiger partial charge on any atom is 0.342 e. The van der Waals surface area contributed by atoms with Gasteiger partial charge >= 0.3 is 5.97 Å². The predicted octanol–water partition coefficient (Wildman–Crippen LogP) is 3.73. The molecule has 0 spiro atoms. The molecule has 132 valence electrons. The van der Waals surface area contributed by atoms with Crippen LogP contribution in [0.3, 0.4) is 0 Å². The van der Waals surface area contributed by atoms with Crippen LogP contribution in [0.15, 0.2) is 60.9 Å². The molecular weight excluding hydrogens is 344 g/mol. The average molecular weight is 358 g/mol. The van der Waals surface area contributed by atoms with E-state index in [-0.39, 0.29) is 23.7 Å². The smallest absolute Gasteiger partial charge is 0.342 e. The first-order chi connectivity index (χ1) is 13.1. The van der Waals surface area contributed by atoms with E-state index in [1.54, 1.807) is 47.1 Å². The van der Waals surface area contributed by atoms with Gasteiger partial charge in [0.1, 0.15) is 29.7 Å². The number of phenolic OH excluding ortho intramolecular Hbond substituents is 2. The van der Waals surface area contributed by atoms with Crippen molar-refractivity contribution >= 4 is 22.3 Å². The quantitative estimate of drug-likeness (QED) is 0.430. The average Bonchev–Trinajstić information content (AvgIpc) is 3.06. The Morgan fingerprint density at radius 1 is 1.11 bits per heavy atom. The Morgan fingerprint density at radius 3 is 2.63 bits per heavy atom. The van der Waals surface area contributed by atoms with Gasteiger partial charge in [-0.25, -0.2) is 4.79 Å². The number of nitriles is 1. The van der Waals surface area contributed by atoms with Crippen LogP contribution in [0.2, 0.25) is 0 Å². The van der Waals surface area contributed by atoms with Gasteiger partial charge < -0.3 is 19.4 Å². The van der Waals surface area contributed by atoms with Crippen molar-refractivity contribution in [1.82, 2.24) is 4.40 Å². The zero-order valence-corrected chi connectivity index (χ0v) is 14.1. The first-order valence-electron chi connectivity index (χ1n) is 8.19. The molecule has 0 aliphatic rings. The maximum absolute atomic E-state index is 12.5. The number of phenols is 2. The summed E-state index contributed by atoms with van der Waals surface area (Å²) in [6.45, 7) is -0.129. The normalized spacial score (nSPS) is 10.8. The van der Waals surface area contributed by atoms with Crippen LogP contribution in [0, 0.1) is 11.3 Å². The van der Waals surface area contributed by atoms with Crippen molar-refractivity contribution in [1.29, 1.82) is 5.26 Å². The minimum absolute atomic E-state index is 0.123. The fraction of sp³-hybridized carbons (Fsp3) is 0.0476. The van der Waals surface area contributed by atoms with Gasteiger partial charge in [-0.3, -0.25) is 0 Å². The van der Waals surface area contributed by atoms with E-state index in [1.807, 2.05) is 12.1 Å². The number of nitrogens with zero attached hydrogens (tertiary/aromatic N) is 2. The molecule has 4 rings (SSSR count). The highest BCUT2D eigenvalue weighted by atomic mass is 16.5. The Balaban J connectivity index is 1.65. The molecule has 0 aliphatic heterocycles. The number of pyridine rings is 1. The SMILES string of the molecule is N#Cc1c(COC(=O)c2cc(O)c3ccccc3c2O)cn2ccccc12. The van der Waals surface area contributed by atoms with Crippen molar-refractivity contribution in [3.63, 3.8) is 0 Å². The lowest BCUT2D eigenvalue weighted by Gasteiger charge is -2.10. The van der Waals surface area contributed by atoms with Gasteiger partial charge in [-0.05, 0) is 18.2 Å². The van der Waals surface area contributed by atoms with Gasteiger partial charge in [-0.1, -0.05) is 30.3 Å². The van der Waals surface area contributed by atoms with E-state index in [0.29, 0.717) is 21.9 Å². The molecule has 6 heteroatoms. The van der Waals surface area contributed by atoms with E-state index in [2.05, 4.69) is 6.07 Å². The number of esters is 1. The highest BCUT2D eigenvalue weighted by Crippen LogP contribution is 2.35. The van der Waals surface area contributed by atoms with E-state index >= 15 is 0 Å². The molecule has 0 aliphatic carbocycles. The lowest BCUT2D eigenvalue weighted by Crippen LogP contribution is -2.06. The molecule has 6 nitrogen and oxygen atoms in total. The molecule has 0 radical (unpaired) electrons. The topological polar surface area (TPSA) is 95.0 Å². The Morgan fingerprint density at radius 2 is 1.85 bits per heavy atom. The van der Waals surface area contributed by atoms with Crippen molar-refractivity contribution < 1.29 is 19.7 Å². The Kier molecular flexibility index (Phi) is 3.90. The number of hydrogen-bond acceptors (Lipinski definition) is 5. The molecule has 2 N–H and O–H groups in total. The van der Waals surface area contributed by atoms with E-state index < -0.39 is 5.97 Å². The first-order valence-corrected chi connectivity index (χ1v) is 8.19. The Hall–Kier alpha value is -3.98. The highest BCUT2D eigenvalue weighted by molar-refractivity contribution is 6.03. The van der Waals surface area contributed by atoms with Crippen molar-refractivity contribution in [3.05, 3.63) is 77.6 Å². The summed E-state index contributed by atoms with van der Waals surface area (Å²) in [5, 5.41) is 30.7. The van der Waals surface area contributed by atoms with Crippen molar-refractivity contribution in [3.8, 4) is 17.6 Å². The lowest BCUT2D eigenvalue weighted by molar-refractivity contribution is 0.0469. The summed E-state index contributed by atoms with van der Waals surface area (Å²) >= 11 is 0. The number of carbonyl (C=O) groups excluding carboxylic acids is 1. The second-order valence-corrected chi connectivity index (χ2v) is 6.05. The van der Waals surface area contributed by atoms with Crippen LogP contribution in [0.1, 0.15) is 21.5 Å². The van der Waals surface area contributed by atoms with Crippen LogP contribution in [0.25, 0.3) is 16.3 Å². The molecule has 0 unspecified atom stereocenters. The standard InChI is InChI=1S/C21H14N2O4/c22-10-17-13(11-23-8-4-3-7-18(17)23)12-27-21(26)16-9-19(24)14-5-1-2-6-15(14)20(16)25/h1-9,11,24-25H,12H2. The number of aromatic nitrogens is 1. The summed E-state index contributed by atoms with van der Waals surface area (Å²) in [6.07, 6.45) is 3.52.